The van der Waals surface area contributed by atoms with E-state index in [4.69, 9.17) is 21.1 Å². The lowest BCUT2D eigenvalue weighted by molar-refractivity contribution is -0.385. The minimum absolute atomic E-state index is 0.245. The van der Waals surface area contributed by atoms with Crippen molar-refractivity contribution in [1.29, 1.82) is 0 Å². The summed E-state index contributed by atoms with van der Waals surface area (Å²) in [7, 11) is 0. The molecule has 0 atom stereocenters. The van der Waals surface area contributed by atoms with Crippen LogP contribution in [0.5, 0.6) is 17.4 Å². The van der Waals surface area contributed by atoms with Crippen molar-refractivity contribution >= 4 is 29.0 Å². The van der Waals surface area contributed by atoms with Gasteiger partial charge in [-0.05, 0) is 49.2 Å². The number of benzene rings is 2. The van der Waals surface area contributed by atoms with Crippen LogP contribution in [0.2, 0.25) is 5.02 Å². The highest BCUT2D eigenvalue weighted by atomic mass is 35.5. The first-order chi connectivity index (χ1) is 14.8. The SMILES string of the molecule is Cc1cc(Oc2ncnc(NNC(=O)COc3ccccc3)c2[N+](=O)[O-])cc(C)c1Cl. The van der Waals surface area contributed by atoms with Crippen molar-refractivity contribution in [1.82, 2.24) is 15.4 Å². The number of hydrogen-bond donors (Lipinski definition) is 2. The number of nitro groups is 1. The highest BCUT2D eigenvalue weighted by Crippen LogP contribution is 2.35. The lowest BCUT2D eigenvalue weighted by Gasteiger charge is -2.12. The Hall–Kier alpha value is -3.92. The second-order valence-corrected chi connectivity index (χ2v) is 6.76. The Balaban J connectivity index is 1.72. The van der Waals surface area contributed by atoms with Gasteiger partial charge >= 0.3 is 11.6 Å². The van der Waals surface area contributed by atoms with E-state index >= 15 is 0 Å². The molecule has 2 aromatic carbocycles. The molecule has 1 amide bonds. The van der Waals surface area contributed by atoms with Crippen LogP contribution in [0, 0.1) is 24.0 Å². The Morgan fingerprint density at radius 1 is 1.13 bits per heavy atom. The topological polar surface area (TPSA) is 129 Å². The quantitative estimate of drug-likeness (QED) is 0.395. The molecule has 0 aliphatic carbocycles. The number of para-hydroxylation sites is 1. The normalized spacial score (nSPS) is 10.3. The Morgan fingerprint density at radius 2 is 1.81 bits per heavy atom. The molecule has 0 bridgehead atoms. The van der Waals surface area contributed by atoms with Crippen LogP contribution in [0.25, 0.3) is 0 Å². The Bertz CT molecular complexity index is 1090. The third-order valence-corrected chi connectivity index (χ3v) is 4.63. The number of nitrogens with zero attached hydrogens (tertiary/aromatic N) is 3. The van der Waals surface area contributed by atoms with Crippen molar-refractivity contribution in [2.75, 3.05) is 12.0 Å². The lowest BCUT2D eigenvalue weighted by Crippen LogP contribution is -2.34. The van der Waals surface area contributed by atoms with Crippen LogP contribution in [0.15, 0.2) is 48.8 Å². The molecule has 0 aliphatic rings. The maximum Gasteiger partial charge on any atom is 0.374 e. The van der Waals surface area contributed by atoms with Crippen molar-refractivity contribution in [3.8, 4) is 17.4 Å². The van der Waals surface area contributed by atoms with Crippen LogP contribution in [0.1, 0.15) is 11.1 Å². The summed E-state index contributed by atoms with van der Waals surface area (Å²) >= 11 is 6.15. The number of nitrogens with one attached hydrogen (secondary N) is 2. The molecule has 1 aromatic heterocycles. The highest BCUT2D eigenvalue weighted by Gasteiger charge is 2.25. The number of anilines is 1. The predicted molar refractivity (Wildman–Crippen MR) is 113 cm³/mol. The van der Waals surface area contributed by atoms with Crippen LogP contribution in [0.3, 0.4) is 0 Å². The Labute approximate surface area is 182 Å². The summed E-state index contributed by atoms with van der Waals surface area (Å²) in [5.41, 5.74) is 5.67. The molecule has 2 N–H and O–H groups in total. The van der Waals surface area contributed by atoms with Crippen molar-refractivity contribution < 1.29 is 19.2 Å². The number of halogens is 1. The first-order valence-corrected chi connectivity index (χ1v) is 9.39. The van der Waals surface area contributed by atoms with Gasteiger partial charge in [0, 0.05) is 5.02 Å². The van der Waals surface area contributed by atoms with Crippen molar-refractivity contribution in [2.45, 2.75) is 13.8 Å². The molecule has 0 saturated heterocycles. The van der Waals surface area contributed by atoms with E-state index in [0.717, 1.165) is 17.5 Å². The van der Waals surface area contributed by atoms with Gasteiger partial charge < -0.3 is 9.47 Å². The van der Waals surface area contributed by atoms with Crippen LogP contribution < -0.4 is 20.3 Å². The molecule has 160 valence electrons. The maximum absolute atomic E-state index is 12.0. The molecular weight excluding hydrogens is 426 g/mol. The predicted octanol–water partition coefficient (Wildman–Crippen LogP) is 3.97. The number of hydrogen-bond acceptors (Lipinski definition) is 8. The molecule has 0 spiro atoms. The zero-order valence-corrected chi connectivity index (χ0v) is 17.3. The van der Waals surface area contributed by atoms with Gasteiger partial charge in [-0.1, -0.05) is 29.8 Å². The number of hydrazine groups is 1. The monoisotopic (exact) mass is 443 g/mol. The van der Waals surface area contributed by atoms with Crippen LogP contribution in [0.4, 0.5) is 11.5 Å². The average Bonchev–Trinajstić information content (AvgIpc) is 2.75. The van der Waals surface area contributed by atoms with E-state index in [2.05, 4.69) is 20.8 Å². The van der Waals surface area contributed by atoms with E-state index in [1.807, 2.05) is 6.07 Å². The van der Waals surface area contributed by atoms with Gasteiger partial charge in [-0.15, -0.1) is 0 Å². The molecule has 3 aromatic rings. The third kappa shape index (κ3) is 5.58. The first-order valence-electron chi connectivity index (χ1n) is 9.02. The van der Waals surface area contributed by atoms with Crippen molar-refractivity contribution in [2.24, 2.45) is 0 Å². The minimum Gasteiger partial charge on any atom is -0.484 e. The fourth-order valence-corrected chi connectivity index (χ4v) is 2.71. The molecule has 31 heavy (non-hydrogen) atoms. The molecule has 0 saturated carbocycles. The average molecular weight is 444 g/mol. The largest absolute Gasteiger partial charge is 0.484 e. The van der Waals surface area contributed by atoms with Crippen LogP contribution >= 0.6 is 11.6 Å². The smallest absolute Gasteiger partial charge is 0.374 e. The molecule has 0 aliphatic heterocycles. The van der Waals surface area contributed by atoms with Gasteiger partial charge in [0.2, 0.25) is 5.82 Å². The van der Waals surface area contributed by atoms with E-state index < -0.39 is 16.5 Å². The van der Waals surface area contributed by atoms with E-state index in [9.17, 15) is 14.9 Å². The molecule has 0 unspecified atom stereocenters. The van der Waals surface area contributed by atoms with E-state index in [0.29, 0.717) is 16.5 Å². The van der Waals surface area contributed by atoms with E-state index in [-0.39, 0.29) is 18.3 Å². The summed E-state index contributed by atoms with van der Waals surface area (Å²) in [6, 6.07) is 12.0. The minimum atomic E-state index is -0.708. The van der Waals surface area contributed by atoms with Crippen molar-refractivity contribution in [3.05, 3.63) is 75.1 Å². The Kier molecular flexibility index (Phi) is 6.83. The number of rotatable bonds is 8. The van der Waals surface area contributed by atoms with Gasteiger partial charge in [-0.2, -0.15) is 4.98 Å². The summed E-state index contributed by atoms with van der Waals surface area (Å²) in [5.74, 6) is -0.269. The fraction of sp³-hybridized carbons (Fsp3) is 0.150. The van der Waals surface area contributed by atoms with Gasteiger partial charge in [0.25, 0.3) is 5.91 Å². The van der Waals surface area contributed by atoms with Crippen LogP contribution in [-0.2, 0) is 4.79 Å². The van der Waals surface area contributed by atoms with Gasteiger partial charge in [0.1, 0.15) is 17.8 Å². The summed E-state index contributed by atoms with van der Waals surface area (Å²) in [6.07, 6.45) is 1.08. The second-order valence-electron chi connectivity index (χ2n) is 6.38. The number of carbonyl (C=O) groups excluding carboxylic acids is 1. The maximum atomic E-state index is 12.0. The lowest BCUT2D eigenvalue weighted by atomic mass is 10.1. The molecule has 11 heteroatoms. The molecular formula is C20H18ClN5O5. The zero-order valence-electron chi connectivity index (χ0n) is 16.6. The number of aryl methyl sites for hydroxylation is 2. The molecule has 1 heterocycles. The Morgan fingerprint density at radius 3 is 2.45 bits per heavy atom. The fourth-order valence-electron chi connectivity index (χ4n) is 2.60. The highest BCUT2D eigenvalue weighted by molar-refractivity contribution is 6.32. The molecule has 0 fully saturated rings. The first kappa shape index (κ1) is 21.8. The summed E-state index contributed by atoms with van der Waals surface area (Å²) in [4.78, 5) is 30.6. The summed E-state index contributed by atoms with van der Waals surface area (Å²) in [5, 5.41) is 12.2. The van der Waals surface area contributed by atoms with Gasteiger partial charge in [-0.25, -0.2) is 4.98 Å². The molecule has 10 nitrogen and oxygen atoms in total. The summed E-state index contributed by atoms with van der Waals surface area (Å²) in [6.45, 7) is 3.27. The number of ether oxygens (including phenoxy) is 2. The molecule has 0 radical (unpaired) electrons. The van der Waals surface area contributed by atoms with Gasteiger partial charge in [0.15, 0.2) is 6.61 Å². The zero-order chi connectivity index (χ0) is 22.4. The number of carbonyl (C=O) groups is 1. The second kappa shape index (κ2) is 9.72. The van der Waals surface area contributed by atoms with E-state index in [1.54, 1.807) is 50.2 Å². The van der Waals surface area contributed by atoms with Gasteiger partial charge in [0.05, 0.1) is 4.92 Å². The number of aromatic nitrogens is 2. The van der Waals surface area contributed by atoms with Crippen molar-refractivity contribution in [3.63, 3.8) is 0 Å². The summed E-state index contributed by atoms with van der Waals surface area (Å²) < 4.78 is 10.9. The standard InChI is InChI=1S/C20H18ClN5O5/c1-12-8-15(9-13(2)17(12)21)31-20-18(26(28)29)19(22-11-23-20)25-24-16(27)10-30-14-6-4-3-5-7-14/h3-9,11H,10H2,1-2H3,(H,24,27)(H,22,23,25). The van der Waals surface area contributed by atoms with E-state index in [1.165, 1.54) is 0 Å². The third-order valence-electron chi connectivity index (χ3n) is 4.03. The molecule has 3 rings (SSSR count). The van der Waals surface area contributed by atoms with Crippen LogP contribution in [-0.4, -0.2) is 27.4 Å². The van der Waals surface area contributed by atoms with Gasteiger partial charge in [-0.3, -0.25) is 25.8 Å². The number of amides is 1.